The van der Waals surface area contributed by atoms with Gasteiger partial charge in [-0.1, -0.05) is 54.6 Å². The molecule has 0 aliphatic carbocycles. The van der Waals surface area contributed by atoms with Crippen molar-refractivity contribution in [3.05, 3.63) is 77.9 Å². The zero-order valence-corrected chi connectivity index (χ0v) is 10.8. The summed E-state index contributed by atoms with van der Waals surface area (Å²) in [7, 11) is 0. The summed E-state index contributed by atoms with van der Waals surface area (Å²) in [5.74, 6) is -0.300. The van der Waals surface area contributed by atoms with E-state index in [2.05, 4.69) is 0 Å². The van der Waals surface area contributed by atoms with Crippen LogP contribution in [0.2, 0.25) is 0 Å². The Morgan fingerprint density at radius 1 is 1.00 bits per heavy atom. The third kappa shape index (κ3) is 4.11. The standard InChI is InChI=1S/C17H16O2/c1-14(12-13-15-8-4-2-5-9-15)19-17(18)16-10-6-3-7-11-16/h2-14H,1H3/b13-12-. The van der Waals surface area contributed by atoms with Gasteiger partial charge < -0.3 is 4.74 Å². The van der Waals surface area contributed by atoms with Crippen LogP contribution in [0.4, 0.5) is 0 Å². The van der Waals surface area contributed by atoms with Gasteiger partial charge in [0.15, 0.2) is 0 Å². The molecule has 0 spiro atoms. The highest BCUT2D eigenvalue weighted by Gasteiger charge is 2.08. The number of hydrogen-bond donors (Lipinski definition) is 0. The van der Waals surface area contributed by atoms with Crippen LogP contribution in [-0.2, 0) is 4.74 Å². The average molecular weight is 252 g/mol. The highest BCUT2D eigenvalue weighted by atomic mass is 16.5. The summed E-state index contributed by atoms with van der Waals surface area (Å²) in [4.78, 5) is 11.8. The molecule has 0 bridgehead atoms. The summed E-state index contributed by atoms with van der Waals surface area (Å²) in [5.41, 5.74) is 1.66. The molecule has 0 aromatic heterocycles. The van der Waals surface area contributed by atoms with Crippen molar-refractivity contribution < 1.29 is 9.53 Å². The van der Waals surface area contributed by atoms with Crippen molar-refractivity contribution in [3.8, 4) is 0 Å². The summed E-state index contributed by atoms with van der Waals surface area (Å²) in [5, 5.41) is 0. The normalized spacial score (nSPS) is 12.3. The Morgan fingerprint density at radius 3 is 2.21 bits per heavy atom. The zero-order valence-electron chi connectivity index (χ0n) is 10.8. The maximum Gasteiger partial charge on any atom is 0.338 e. The second kappa shape index (κ2) is 6.55. The predicted molar refractivity (Wildman–Crippen MR) is 76.8 cm³/mol. The minimum absolute atomic E-state index is 0.257. The molecule has 0 heterocycles. The summed E-state index contributed by atoms with van der Waals surface area (Å²) >= 11 is 0. The van der Waals surface area contributed by atoms with Crippen LogP contribution in [0.15, 0.2) is 66.7 Å². The number of esters is 1. The van der Waals surface area contributed by atoms with Crippen molar-refractivity contribution in [2.45, 2.75) is 13.0 Å². The van der Waals surface area contributed by atoms with Crippen molar-refractivity contribution in [1.29, 1.82) is 0 Å². The van der Waals surface area contributed by atoms with Gasteiger partial charge in [-0.15, -0.1) is 0 Å². The molecule has 2 aromatic carbocycles. The second-order valence-electron chi connectivity index (χ2n) is 4.25. The molecule has 2 nitrogen and oxygen atoms in total. The average Bonchev–Trinajstić information content (AvgIpc) is 2.47. The van der Waals surface area contributed by atoms with Crippen molar-refractivity contribution in [2.75, 3.05) is 0 Å². The van der Waals surface area contributed by atoms with Gasteiger partial charge in [-0.05, 0) is 30.7 Å². The van der Waals surface area contributed by atoms with Crippen molar-refractivity contribution >= 4 is 12.0 Å². The predicted octanol–water partition coefficient (Wildman–Crippen LogP) is 3.95. The molecule has 2 aromatic rings. The number of hydrogen-bond acceptors (Lipinski definition) is 2. The van der Waals surface area contributed by atoms with Gasteiger partial charge in [0.05, 0.1) is 5.56 Å². The third-order valence-electron chi connectivity index (χ3n) is 2.66. The lowest BCUT2D eigenvalue weighted by molar-refractivity contribution is 0.0426. The van der Waals surface area contributed by atoms with E-state index in [0.717, 1.165) is 5.56 Å². The van der Waals surface area contributed by atoms with Gasteiger partial charge in [0.25, 0.3) is 0 Å². The number of carbonyl (C=O) groups is 1. The molecule has 19 heavy (non-hydrogen) atoms. The lowest BCUT2D eigenvalue weighted by Gasteiger charge is -2.09. The highest BCUT2D eigenvalue weighted by Crippen LogP contribution is 2.07. The molecule has 0 fully saturated rings. The smallest absolute Gasteiger partial charge is 0.338 e. The van der Waals surface area contributed by atoms with Gasteiger partial charge in [0, 0.05) is 0 Å². The third-order valence-corrected chi connectivity index (χ3v) is 2.66. The summed E-state index contributed by atoms with van der Waals surface area (Å²) in [6, 6.07) is 18.9. The SMILES string of the molecule is CC(/C=C\c1ccccc1)OC(=O)c1ccccc1. The number of rotatable bonds is 4. The Morgan fingerprint density at radius 2 is 1.58 bits per heavy atom. The van der Waals surface area contributed by atoms with Crippen LogP contribution in [0.1, 0.15) is 22.8 Å². The van der Waals surface area contributed by atoms with Crippen LogP contribution >= 0.6 is 0 Å². The zero-order chi connectivity index (χ0) is 13.5. The van der Waals surface area contributed by atoms with Gasteiger partial charge in [-0.25, -0.2) is 4.79 Å². The van der Waals surface area contributed by atoms with Crippen molar-refractivity contribution in [2.24, 2.45) is 0 Å². The van der Waals surface area contributed by atoms with Gasteiger partial charge in [0.2, 0.25) is 0 Å². The van der Waals surface area contributed by atoms with Crippen LogP contribution in [-0.4, -0.2) is 12.1 Å². The molecule has 1 unspecified atom stereocenters. The molecule has 96 valence electrons. The molecule has 0 saturated heterocycles. The summed E-state index contributed by atoms with van der Waals surface area (Å²) in [6.45, 7) is 1.85. The van der Waals surface area contributed by atoms with Crippen LogP contribution < -0.4 is 0 Å². The molecule has 0 amide bonds. The quantitative estimate of drug-likeness (QED) is 0.770. The maximum atomic E-state index is 11.8. The molecule has 1 atom stereocenters. The van der Waals surface area contributed by atoms with E-state index < -0.39 is 0 Å². The first-order valence-corrected chi connectivity index (χ1v) is 6.25. The van der Waals surface area contributed by atoms with E-state index in [4.69, 9.17) is 4.74 Å². The van der Waals surface area contributed by atoms with E-state index in [0.29, 0.717) is 5.56 Å². The molecule has 0 aliphatic rings. The molecule has 2 heteroatoms. The molecule has 0 N–H and O–H groups in total. The Hall–Kier alpha value is -2.35. The highest BCUT2D eigenvalue weighted by molar-refractivity contribution is 5.89. The van der Waals surface area contributed by atoms with Crippen molar-refractivity contribution in [1.82, 2.24) is 0 Å². The number of ether oxygens (including phenoxy) is 1. The van der Waals surface area contributed by atoms with Crippen LogP contribution in [0.3, 0.4) is 0 Å². The Labute approximate surface area is 113 Å². The van der Waals surface area contributed by atoms with E-state index >= 15 is 0 Å². The van der Waals surface area contributed by atoms with E-state index in [1.165, 1.54) is 0 Å². The number of benzene rings is 2. The fourth-order valence-electron chi connectivity index (χ4n) is 1.66. The second-order valence-corrected chi connectivity index (χ2v) is 4.25. The van der Waals surface area contributed by atoms with E-state index in [1.807, 2.05) is 67.6 Å². The van der Waals surface area contributed by atoms with Crippen LogP contribution in [0, 0.1) is 0 Å². The summed E-state index contributed by atoms with van der Waals surface area (Å²) in [6.07, 6.45) is 3.56. The minimum Gasteiger partial charge on any atom is -0.455 e. The maximum absolute atomic E-state index is 11.8. The molecule has 2 rings (SSSR count). The Balaban J connectivity index is 1.93. The van der Waals surface area contributed by atoms with E-state index in [9.17, 15) is 4.79 Å². The molecule has 0 saturated carbocycles. The van der Waals surface area contributed by atoms with Crippen LogP contribution in [0.5, 0.6) is 0 Å². The Bertz CT molecular complexity index is 544. The monoisotopic (exact) mass is 252 g/mol. The first kappa shape index (κ1) is 13.1. The summed E-state index contributed by atoms with van der Waals surface area (Å²) < 4.78 is 5.33. The van der Waals surface area contributed by atoms with Crippen LogP contribution in [0.25, 0.3) is 6.08 Å². The molecular formula is C17H16O2. The van der Waals surface area contributed by atoms with Gasteiger partial charge in [-0.2, -0.15) is 0 Å². The lowest BCUT2D eigenvalue weighted by Crippen LogP contribution is -2.12. The van der Waals surface area contributed by atoms with Gasteiger partial charge >= 0.3 is 5.97 Å². The topological polar surface area (TPSA) is 26.3 Å². The van der Waals surface area contributed by atoms with E-state index in [1.54, 1.807) is 12.1 Å². The molecule has 0 radical (unpaired) electrons. The van der Waals surface area contributed by atoms with Crippen molar-refractivity contribution in [3.63, 3.8) is 0 Å². The molecule has 0 aliphatic heterocycles. The van der Waals surface area contributed by atoms with Gasteiger partial charge in [-0.3, -0.25) is 0 Å². The number of carbonyl (C=O) groups excluding carboxylic acids is 1. The Kier molecular flexibility index (Phi) is 4.51. The van der Waals surface area contributed by atoms with E-state index in [-0.39, 0.29) is 12.1 Å². The minimum atomic E-state index is -0.300. The fourth-order valence-corrected chi connectivity index (χ4v) is 1.66. The molecular weight excluding hydrogens is 236 g/mol. The first-order valence-electron chi connectivity index (χ1n) is 6.25. The van der Waals surface area contributed by atoms with Gasteiger partial charge in [0.1, 0.15) is 6.10 Å². The fraction of sp³-hybridized carbons (Fsp3) is 0.118. The first-order chi connectivity index (χ1) is 9.25. The largest absolute Gasteiger partial charge is 0.455 e. The lowest BCUT2D eigenvalue weighted by atomic mass is 10.2.